The van der Waals surface area contributed by atoms with Gasteiger partial charge in [0, 0.05) is 24.0 Å². The quantitative estimate of drug-likeness (QED) is 0.831. The molecular formula is C13H20ClNO. The molecule has 0 saturated carbocycles. The summed E-state index contributed by atoms with van der Waals surface area (Å²) in [5.74, 6) is 0. The van der Waals surface area contributed by atoms with Crippen LogP contribution in [0, 0.1) is 0 Å². The van der Waals surface area contributed by atoms with Crippen LogP contribution in [0.1, 0.15) is 26.3 Å². The Morgan fingerprint density at radius 3 is 2.38 bits per heavy atom. The number of rotatable bonds is 5. The summed E-state index contributed by atoms with van der Waals surface area (Å²) in [5, 5.41) is 14.2. The fourth-order valence-electron chi connectivity index (χ4n) is 1.53. The van der Waals surface area contributed by atoms with Crippen LogP contribution in [0.2, 0.25) is 5.02 Å². The van der Waals surface area contributed by atoms with E-state index in [9.17, 15) is 5.11 Å². The highest BCUT2D eigenvalue weighted by Crippen LogP contribution is 2.15. The van der Waals surface area contributed by atoms with Crippen molar-refractivity contribution in [1.29, 1.82) is 0 Å². The number of hydrogen-bond donors (Lipinski definition) is 2. The van der Waals surface area contributed by atoms with Gasteiger partial charge < -0.3 is 10.4 Å². The van der Waals surface area contributed by atoms with Gasteiger partial charge in [-0.15, -0.1) is 0 Å². The first-order valence-corrected chi connectivity index (χ1v) is 5.97. The molecule has 90 valence electrons. The van der Waals surface area contributed by atoms with Gasteiger partial charge in [0.15, 0.2) is 0 Å². The largest absolute Gasteiger partial charge is 0.389 e. The molecule has 0 heterocycles. The van der Waals surface area contributed by atoms with Crippen LogP contribution in [0.15, 0.2) is 24.3 Å². The van der Waals surface area contributed by atoms with Crippen LogP contribution in [0.5, 0.6) is 0 Å². The zero-order valence-corrected chi connectivity index (χ0v) is 10.9. The predicted octanol–water partition coefficient (Wildman–Crippen LogP) is 2.63. The van der Waals surface area contributed by atoms with Gasteiger partial charge in [0.25, 0.3) is 0 Å². The summed E-state index contributed by atoms with van der Waals surface area (Å²) in [5.41, 5.74) is 0.373. The van der Waals surface area contributed by atoms with Crippen LogP contribution in [-0.2, 0) is 6.42 Å². The molecule has 1 atom stereocenters. The fourth-order valence-corrected chi connectivity index (χ4v) is 1.65. The van der Waals surface area contributed by atoms with E-state index < -0.39 is 5.60 Å². The Hall–Kier alpha value is -0.570. The minimum absolute atomic E-state index is 0.386. The molecule has 0 aliphatic carbocycles. The third-order valence-corrected chi connectivity index (χ3v) is 2.64. The topological polar surface area (TPSA) is 32.3 Å². The van der Waals surface area contributed by atoms with E-state index in [4.69, 9.17) is 11.6 Å². The van der Waals surface area contributed by atoms with Crippen molar-refractivity contribution < 1.29 is 5.11 Å². The molecule has 0 aliphatic heterocycles. The molecule has 2 nitrogen and oxygen atoms in total. The van der Waals surface area contributed by atoms with E-state index in [-0.39, 0.29) is 0 Å². The Labute approximate surface area is 103 Å². The van der Waals surface area contributed by atoms with E-state index in [2.05, 4.69) is 19.2 Å². The summed E-state index contributed by atoms with van der Waals surface area (Å²) < 4.78 is 0. The molecule has 1 rings (SSSR count). The van der Waals surface area contributed by atoms with Crippen LogP contribution in [0.3, 0.4) is 0 Å². The van der Waals surface area contributed by atoms with E-state index in [1.165, 1.54) is 0 Å². The van der Waals surface area contributed by atoms with Gasteiger partial charge in [-0.05, 0) is 24.6 Å². The Balaban J connectivity index is 2.54. The fraction of sp³-hybridized carbons (Fsp3) is 0.538. The molecular weight excluding hydrogens is 222 g/mol. The number of aliphatic hydroxyl groups is 1. The second kappa shape index (κ2) is 5.67. The van der Waals surface area contributed by atoms with Crippen LogP contribution in [0.25, 0.3) is 0 Å². The van der Waals surface area contributed by atoms with E-state index >= 15 is 0 Å². The average Bonchev–Trinajstić information content (AvgIpc) is 2.19. The molecule has 0 aromatic heterocycles. The van der Waals surface area contributed by atoms with Crippen molar-refractivity contribution in [3.63, 3.8) is 0 Å². The first kappa shape index (κ1) is 13.5. The van der Waals surface area contributed by atoms with E-state index in [0.29, 0.717) is 19.0 Å². The van der Waals surface area contributed by atoms with Gasteiger partial charge in [0.05, 0.1) is 5.60 Å². The zero-order valence-electron chi connectivity index (χ0n) is 10.1. The summed E-state index contributed by atoms with van der Waals surface area (Å²) in [6.45, 7) is 6.57. The molecule has 0 saturated heterocycles. The maximum absolute atomic E-state index is 10.2. The second-order valence-electron chi connectivity index (χ2n) is 4.84. The molecule has 0 radical (unpaired) electrons. The molecule has 0 aliphatic rings. The van der Waals surface area contributed by atoms with Crippen molar-refractivity contribution in [3.05, 3.63) is 34.9 Å². The smallest absolute Gasteiger partial charge is 0.0783 e. The van der Waals surface area contributed by atoms with Gasteiger partial charge in [-0.2, -0.15) is 0 Å². The van der Waals surface area contributed by atoms with E-state index in [1.54, 1.807) is 0 Å². The second-order valence-corrected chi connectivity index (χ2v) is 5.27. The van der Waals surface area contributed by atoms with Crippen molar-refractivity contribution >= 4 is 11.6 Å². The Morgan fingerprint density at radius 2 is 1.88 bits per heavy atom. The van der Waals surface area contributed by atoms with E-state index in [0.717, 1.165) is 10.6 Å². The van der Waals surface area contributed by atoms with Crippen LogP contribution in [-0.4, -0.2) is 23.3 Å². The summed E-state index contributed by atoms with van der Waals surface area (Å²) >= 11 is 5.81. The molecule has 2 N–H and O–H groups in total. The lowest BCUT2D eigenvalue weighted by Crippen LogP contribution is -2.42. The predicted molar refractivity (Wildman–Crippen MR) is 68.9 cm³/mol. The summed E-state index contributed by atoms with van der Waals surface area (Å²) in [6, 6.07) is 7.99. The van der Waals surface area contributed by atoms with Gasteiger partial charge in [-0.1, -0.05) is 37.6 Å². The first-order valence-electron chi connectivity index (χ1n) is 5.59. The van der Waals surface area contributed by atoms with Gasteiger partial charge in [-0.3, -0.25) is 0 Å². The molecule has 1 unspecified atom stereocenters. The minimum atomic E-state index is -0.724. The number of benzene rings is 1. The molecule has 3 heteroatoms. The van der Waals surface area contributed by atoms with Crippen molar-refractivity contribution in [1.82, 2.24) is 5.32 Å². The third kappa shape index (κ3) is 4.97. The lowest BCUT2D eigenvalue weighted by molar-refractivity contribution is 0.0581. The molecule has 1 aromatic carbocycles. The molecule has 0 amide bonds. The molecule has 0 spiro atoms. The maximum Gasteiger partial charge on any atom is 0.0783 e. The number of halogens is 1. The highest BCUT2D eigenvalue weighted by Gasteiger charge is 2.20. The SMILES string of the molecule is CC(C)NCC(C)(O)Cc1ccc(Cl)cc1. The van der Waals surface area contributed by atoms with Crippen molar-refractivity contribution in [2.75, 3.05) is 6.54 Å². The zero-order chi connectivity index (χ0) is 12.2. The summed E-state index contributed by atoms with van der Waals surface area (Å²) in [7, 11) is 0. The van der Waals surface area contributed by atoms with Crippen LogP contribution < -0.4 is 5.32 Å². The van der Waals surface area contributed by atoms with Crippen LogP contribution >= 0.6 is 11.6 Å². The number of hydrogen-bond acceptors (Lipinski definition) is 2. The molecule has 1 aromatic rings. The molecule has 0 fully saturated rings. The van der Waals surface area contributed by atoms with Gasteiger partial charge in [0.2, 0.25) is 0 Å². The third-order valence-electron chi connectivity index (χ3n) is 2.39. The monoisotopic (exact) mass is 241 g/mol. The Bertz CT molecular complexity index is 319. The standard InChI is InChI=1S/C13H20ClNO/c1-10(2)15-9-13(3,16)8-11-4-6-12(14)7-5-11/h4-7,10,15-16H,8-9H2,1-3H3. The van der Waals surface area contributed by atoms with Gasteiger partial charge >= 0.3 is 0 Å². The Kier molecular flexibility index (Phi) is 4.78. The molecule has 0 bridgehead atoms. The summed E-state index contributed by atoms with van der Waals surface area (Å²) in [6.07, 6.45) is 0.629. The van der Waals surface area contributed by atoms with Crippen molar-refractivity contribution in [2.45, 2.75) is 38.8 Å². The number of nitrogens with one attached hydrogen (secondary N) is 1. The lowest BCUT2D eigenvalue weighted by Gasteiger charge is -2.25. The highest BCUT2D eigenvalue weighted by molar-refractivity contribution is 6.30. The van der Waals surface area contributed by atoms with E-state index in [1.807, 2.05) is 31.2 Å². The minimum Gasteiger partial charge on any atom is -0.389 e. The normalized spacial score (nSPS) is 15.1. The lowest BCUT2D eigenvalue weighted by atomic mass is 9.96. The van der Waals surface area contributed by atoms with Gasteiger partial charge in [-0.25, -0.2) is 0 Å². The molecule has 16 heavy (non-hydrogen) atoms. The Morgan fingerprint density at radius 1 is 1.31 bits per heavy atom. The first-order chi connectivity index (χ1) is 7.39. The van der Waals surface area contributed by atoms with Crippen molar-refractivity contribution in [3.8, 4) is 0 Å². The highest BCUT2D eigenvalue weighted by atomic mass is 35.5. The van der Waals surface area contributed by atoms with Gasteiger partial charge in [0.1, 0.15) is 0 Å². The summed E-state index contributed by atoms with van der Waals surface area (Å²) in [4.78, 5) is 0. The van der Waals surface area contributed by atoms with Crippen molar-refractivity contribution in [2.24, 2.45) is 0 Å². The average molecular weight is 242 g/mol. The maximum atomic E-state index is 10.2. The van der Waals surface area contributed by atoms with Crippen LogP contribution in [0.4, 0.5) is 0 Å².